The fourth-order valence-corrected chi connectivity index (χ4v) is 4.78. The lowest BCUT2D eigenvalue weighted by atomic mass is 10.0. The van der Waals surface area contributed by atoms with E-state index in [1.54, 1.807) is 18.5 Å². The van der Waals surface area contributed by atoms with Crippen molar-refractivity contribution in [3.05, 3.63) is 31.9 Å². The zero-order valence-electron chi connectivity index (χ0n) is 16.4. The van der Waals surface area contributed by atoms with Crippen molar-refractivity contribution in [2.45, 2.75) is 46.1 Å². The van der Waals surface area contributed by atoms with Gasteiger partial charge in [-0.3, -0.25) is 19.1 Å². The maximum atomic E-state index is 13.1. The Labute approximate surface area is 174 Å². The van der Waals surface area contributed by atoms with Gasteiger partial charge in [-0.1, -0.05) is 37.3 Å². The number of thiocarbonyl (C=S) groups is 1. The second kappa shape index (κ2) is 8.50. The summed E-state index contributed by atoms with van der Waals surface area (Å²) in [5.41, 5.74) is 1.32. The molecule has 0 N–H and O–H groups in total. The lowest BCUT2D eigenvalue weighted by Gasteiger charge is -2.27. The van der Waals surface area contributed by atoms with Gasteiger partial charge in [0.05, 0.1) is 4.91 Å². The van der Waals surface area contributed by atoms with Crippen molar-refractivity contribution >= 4 is 46.1 Å². The maximum absolute atomic E-state index is 13.1. The molecular formula is C20H24N4O2S2. The van der Waals surface area contributed by atoms with Crippen LogP contribution in [0, 0.1) is 18.3 Å². The van der Waals surface area contributed by atoms with Crippen LogP contribution in [0.25, 0.3) is 6.08 Å². The monoisotopic (exact) mass is 416 g/mol. The average Bonchev–Trinajstić information content (AvgIpc) is 3.28. The van der Waals surface area contributed by atoms with Gasteiger partial charge in [-0.05, 0) is 37.8 Å². The minimum atomic E-state index is -0.240. The number of unbranched alkanes of at least 4 members (excludes halogenated alkanes) is 1. The van der Waals surface area contributed by atoms with Crippen LogP contribution in [0.2, 0.25) is 0 Å². The Morgan fingerprint density at radius 3 is 2.50 bits per heavy atom. The molecule has 8 heteroatoms. The molecule has 1 amide bonds. The van der Waals surface area contributed by atoms with Crippen LogP contribution in [-0.4, -0.2) is 39.8 Å². The van der Waals surface area contributed by atoms with Crippen molar-refractivity contribution in [1.29, 1.82) is 5.26 Å². The number of rotatable bonds is 5. The SMILES string of the molecule is CCCCn1c(N2CCCC2)c(/C=C2/SC(=S)N(C)C2=O)c(C)c(C#N)c1=O. The predicted octanol–water partition coefficient (Wildman–Crippen LogP) is 3.26. The Kier molecular flexibility index (Phi) is 6.26. The summed E-state index contributed by atoms with van der Waals surface area (Å²) in [6.45, 7) is 6.17. The summed E-state index contributed by atoms with van der Waals surface area (Å²) in [6, 6.07) is 2.08. The first kappa shape index (κ1) is 20.6. The predicted molar refractivity (Wildman–Crippen MR) is 117 cm³/mol. The highest BCUT2D eigenvalue weighted by Crippen LogP contribution is 2.35. The molecule has 0 radical (unpaired) electrons. The van der Waals surface area contributed by atoms with E-state index >= 15 is 0 Å². The van der Waals surface area contributed by atoms with E-state index in [-0.39, 0.29) is 17.0 Å². The second-order valence-electron chi connectivity index (χ2n) is 7.09. The van der Waals surface area contributed by atoms with Gasteiger partial charge in [0.25, 0.3) is 11.5 Å². The highest BCUT2D eigenvalue weighted by atomic mass is 32.2. The Morgan fingerprint density at radius 1 is 1.29 bits per heavy atom. The van der Waals surface area contributed by atoms with Gasteiger partial charge in [0, 0.05) is 32.2 Å². The quantitative estimate of drug-likeness (QED) is 0.542. The number of carbonyl (C=O) groups excluding carboxylic acids is 1. The molecule has 6 nitrogen and oxygen atoms in total. The van der Waals surface area contributed by atoms with Crippen molar-refractivity contribution < 1.29 is 4.79 Å². The third-order valence-corrected chi connectivity index (χ3v) is 6.73. The molecule has 2 saturated heterocycles. The molecule has 0 unspecified atom stereocenters. The molecule has 148 valence electrons. The van der Waals surface area contributed by atoms with Crippen molar-refractivity contribution in [3.63, 3.8) is 0 Å². The largest absolute Gasteiger partial charge is 0.357 e. The highest BCUT2D eigenvalue weighted by molar-refractivity contribution is 8.26. The van der Waals surface area contributed by atoms with Crippen molar-refractivity contribution in [2.75, 3.05) is 25.0 Å². The van der Waals surface area contributed by atoms with E-state index in [1.165, 1.54) is 16.7 Å². The smallest absolute Gasteiger partial charge is 0.270 e. The van der Waals surface area contributed by atoms with Gasteiger partial charge in [0.1, 0.15) is 21.8 Å². The number of hydrogen-bond donors (Lipinski definition) is 0. The van der Waals surface area contributed by atoms with Gasteiger partial charge in [0.2, 0.25) is 0 Å². The van der Waals surface area contributed by atoms with E-state index in [0.29, 0.717) is 21.3 Å². The summed E-state index contributed by atoms with van der Waals surface area (Å²) in [5, 5.41) is 9.63. The molecule has 2 aliphatic heterocycles. The molecule has 3 heterocycles. The van der Waals surface area contributed by atoms with E-state index < -0.39 is 0 Å². The first-order valence-electron chi connectivity index (χ1n) is 9.54. The normalized spacial score (nSPS) is 18.4. The molecular weight excluding hydrogens is 392 g/mol. The standard InChI is InChI=1S/C20H24N4O2S2/c1-4-5-10-24-17(23-8-6-7-9-23)14(13(2)15(12-21)18(24)25)11-16-19(26)22(3)20(27)28-16/h11H,4-10H2,1-3H3/b16-11+. The van der Waals surface area contributed by atoms with Gasteiger partial charge in [0.15, 0.2) is 0 Å². The van der Waals surface area contributed by atoms with Crippen molar-refractivity contribution in [2.24, 2.45) is 0 Å². The summed E-state index contributed by atoms with van der Waals surface area (Å²) in [5.74, 6) is 0.681. The van der Waals surface area contributed by atoms with E-state index in [0.717, 1.165) is 50.2 Å². The second-order valence-corrected chi connectivity index (χ2v) is 8.77. The van der Waals surface area contributed by atoms with Crippen LogP contribution in [0.5, 0.6) is 0 Å². The molecule has 0 spiro atoms. The Bertz CT molecular complexity index is 952. The number of anilines is 1. The van der Waals surface area contributed by atoms with Crippen LogP contribution in [0.4, 0.5) is 5.82 Å². The Morgan fingerprint density at radius 2 is 1.96 bits per heavy atom. The third-order valence-electron chi connectivity index (χ3n) is 5.25. The van der Waals surface area contributed by atoms with E-state index in [1.807, 2.05) is 6.08 Å². The number of thioether (sulfide) groups is 1. The lowest BCUT2D eigenvalue weighted by Crippen LogP contribution is -2.33. The van der Waals surface area contributed by atoms with E-state index in [9.17, 15) is 14.9 Å². The number of carbonyl (C=O) groups is 1. The van der Waals surface area contributed by atoms with Gasteiger partial charge in [-0.15, -0.1) is 0 Å². The molecule has 0 aliphatic carbocycles. The van der Waals surface area contributed by atoms with E-state index in [2.05, 4.69) is 17.9 Å². The van der Waals surface area contributed by atoms with Gasteiger partial charge >= 0.3 is 0 Å². The number of hydrogen-bond acceptors (Lipinski definition) is 6. The molecule has 28 heavy (non-hydrogen) atoms. The number of amides is 1. The molecule has 2 aliphatic rings. The van der Waals surface area contributed by atoms with Crippen molar-refractivity contribution in [3.8, 4) is 6.07 Å². The number of likely N-dealkylation sites (N-methyl/N-ethyl adjacent to an activating group) is 1. The first-order valence-corrected chi connectivity index (χ1v) is 10.8. The molecule has 1 aromatic heterocycles. The number of nitriles is 1. The third kappa shape index (κ3) is 3.61. The number of nitrogens with zero attached hydrogens (tertiary/aromatic N) is 4. The highest BCUT2D eigenvalue weighted by Gasteiger charge is 2.31. The van der Waals surface area contributed by atoms with Crippen LogP contribution in [0.3, 0.4) is 0 Å². The summed E-state index contributed by atoms with van der Waals surface area (Å²) >= 11 is 6.50. The fourth-order valence-electron chi connectivity index (χ4n) is 3.61. The molecule has 0 aromatic carbocycles. The average molecular weight is 417 g/mol. The minimum Gasteiger partial charge on any atom is -0.357 e. The van der Waals surface area contributed by atoms with Gasteiger partial charge in [-0.2, -0.15) is 5.26 Å². The number of aromatic nitrogens is 1. The molecule has 3 rings (SSSR count). The zero-order chi connectivity index (χ0) is 20.4. The van der Waals surface area contributed by atoms with Crippen LogP contribution in [-0.2, 0) is 11.3 Å². The molecule has 0 bridgehead atoms. The summed E-state index contributed by atoms with van der Waals surface area (Å²) in [6.07, 6.45) is 5.75. The topological polar surface area (TPSA) is 69.3 Å². The summed E-state index contributed by atoms with van der Waals surface area (Å²) in [4.78, 5) is 29.8. The fraction of sp³-hybridized carbons (Fsp3) is 0.500. The molecule has 2 fully saturated rings. The van der Waals surface area contributed by atoms with Crippen LogP contribution < -0.4 is 10.5 Å². The van der Waals surface area contributed by atoms with Gasteiger partial charge < -0.3 is 4.90 Å². The van der Waals surface area contributed by atoms with E-state index in [4.69, 9.17) is 12.2 Å². The van der Waals surface area contributed by atoms with Crippen molar-refractivity contribution in [1.82, 2.24) is 9.47 Å². The summed E-state index contributed by atoms with van der Waals surface area (Å²) < 4.78 is 2.25. The Balaban J connectivity index is 2.27. The summed E-state index contributed by atoms with van der Waals surface area (Å²) in [7, 11) is 1.66. The van der Waals surface area contributed by atoms with Gasteiger partial charge in [-0.25, -0.2) is 0 Å². The minimum absolute atomic E-state index is 0.147. The molecule has 0 atom stereocenters. The maximum Gasteiger partial charge on any atom is 0.270 e. The van der Waals surface area contributed by atoms with Crippen LogP contribution in [0.15, 0.2) is 9.70 Å². The first-order chi connectivity index (χ1) is 13.4. The lowest BCUT2D eigenvalue weighted by molar-refractivity contribution is -0.121. The van der Waals surface area contributed by atoms with Crippen LogP contribution in [0.1, 0.15) is 49.3 Å². The Hall–Kier alpha value is -2.11. The molecule has 0 saturated carbocycles. The molecule has 1 aromatic rings. The zero-order valence-corrected chi connectivity index (χ0v) is 18.1. The number of pyridine rings is 1. The van der Waals surface area contributed by atoms with Crippen LogP contribution >= 0.6 is 24.0 Å².